The second-order valence-electron chi connectivity index (χ2n) is 7.03. The number of carbonyl (C=O) groups excluding carboxylic acids is 3. The van der Waals surface area contributed by atoms with E-state index in [0.717, 1.165) is 23.4 Å². The SMILES string of the molecule is CN(C)c1ccc(NC(=O)CCN2C(=O)NC3(CCCC3)C2=O)cc1Cl. The summed E-state index contributed by atoms with van der Waals surface area (Å²) in [5, 5.41) is 6.09. The number of nitrogens with zero attached hydrogens (tertiary/aromatic N) is 2. The zero-order valence-corrected chi connectivity index (χ0v) is 15.7. The van der Waals surface area contributed by atoms with Crippen LogP contribution >= 0.6 is 11.6 Å². The van der Waals surface area contributed by atoms with Gasteiger partial charge in [0.1, 0.15) is 5.54 Å². The zero-order valence-electron chi connectivity index (χ0n) is 15.0. The molecular weight excluding hydrogens is 356 g/mol. The third-order valence-electron chi connectivity index (χ3n) is 4.98. The summed E-state index contributed by atoms with van der Waals surface area (Å²) < 4.78 is 0. The van der Waals surface area contributed by atoms with Crippen molar-refractivity contribution in [2.45, 2.75) is 37.6 Å². The van der Waals surface area contributed by atoms with Gasteiger partial charge in [0.05, 0.1) is 10.7 Å². The van der Waals surface area contributed by atoms with Gasteiger partial charge in [0, 0.05) is 32.7 Å². The first-order valence-corrected chi connectivity index (χ1v) is 9.11. The summed E-state index contributed by atoms with van der Waals surface area (Å²) in [5.41, 5.74) is 0.698. The highest BCUT2D eigenvalue weighted by Gasteiger charge is 2.52. The van der Waals surface area contributed by atoms with E-state index in [1.165, 1.54) is 0 Å². The molecule has 1 saturated heterocycles. The summed E-state index contributed by atoms with van der Waals surface area (Å²) in [7, 11) is 3.77. The maximum Gasteiger partial charge on any atom is 0.325 e. The number of amides is 4. The van der Waals surface area contributed by atoms with Gasteiger partial charge < -0.3 is 15.5 Å². The van der Waals surface area contributed by atoms with Crippen molar-refractivity contribution in [3.63, 3.8) is 0 Å². The van der Waals surface area contributed by atoms with Gasteiger partial charge in [-0.25, -0.2) is 4.79 Å². The number of imide groups is 1. The molecule has 1 aliphatic carbocycles. The summed E-state index contributed by atoms with van der Waals surface area (Å²) in [4.78, 5) is 39.9. The van der Waals surface area contributed by atoms with Crippen molar-refractivity contribution in [2.75, 3.05) is 30.9 Å². The third kappa shape index (κ3) is 3.49. The highest BCUT2D eigenvalue weighted by molar-refractivity contribution is 6.33. The van der Waals surface area contributed by atoms with Crippen LogP contribution in [-0.2, 0) is 9.59 Å². The van der Waals surface area contributed by atoms with Crippen LogP contribution in [0.25, 0.3) is 0 Å². The molecule has 7 nitrogen and oxygen atoms in total. The molecule has 1 saturated carbocycles. The molecule has 0 aromatic heterocycles. The monoisotopic (exact) mass is 378 g/mol. The van der Waals surface area contributed by atoms with E-state index in [2.05, 4.69) is 10.6 Å². The van der Waals surface area contributed by atoms with E-state index >= 15 is 0 Å². The lowest BCUT2D eigenvalue weighted by Crippen LogP contribution is -2.44. The Hall–Kier alpha value is -2.28. The number of carbonyl (C=O) groups is 3. The lowest BCUT2D eigenvalue weighted by molar-refractivity contribution is -0.131. The predicted octanol–water partition coefficient (Wildman–Crippen LogP) is 2.60. The van der Waals surface area contributed by atoms with Crippen molar-refractivity contribution in [1.29, 1.82) is 0 Å². The van der Waals surface area contributed by atoms with Gasteiger partial charge in [-0.1, -0.05) is 24.4 Å². The number of rotatable bonds is 5. The molecule has 26 heavy (non-hydrogen) atoms. The molecule has 1 aliphatic heterocycles. The van der Waals surface area contributed by atoms with E-state index in [1.807, 2.05) is 25.1 Å². The van der Waals surface area contributed by atoms with Crippen LogP contribution in [0.1, 0.15) is 32.1 Å². The van der Waals surface area contributed by atoms with E-state index < -0.39 is 11.6 Å². The summed E-state index contributed by atoms with van der Waals surface area (Å²) >= 11 is 6.20. The van der Waals surface area contributed by atoms with E-state index in [0.29, 0.717) is 23.6 Å². The minimum Gasteiger partial charge on any atom is -0.376 e. The van der Waals surface area contributed by atoms with Gasteiger partial charge in [0.15, 0.2) is 0 Å². The van der Waals surface area contributed by atoms with E-state index in [9.17, 15) is 14.4 Å². The molecule has 0 bridgehead atoms. The fourth-order valence-electron chi connectivity index (χ4n) is 3.58. The average molecular weight is 379 g/mol. The van der Waals surface area contributed by atoms with Crippen LogP contribution in [0, 0.1) is 0 Å². The highest BCUT2D eigenvalue weighted by atomic mass is 35.5. The summed E-state index contributed by atoms with van der Waals surface area (Å²) in [5.74, 6) is -0.474. The summed E-state index contributed by atoms with van der Waals surface area (Å²) in [6.45, 7) is 0.0712. The average Bonchev–Trinajstić information content (AvgIpc) is 3.12. The molecule has 0 unspecified atom stereocenters. The van der Waals surface area contributed by atoms with Crippen molar-refractivity contribution in [3.05, 3.63) is 23.2 Å². The fourth-order valence-corrected chi connectivity index (χ4v) is 3.93. The smallest absolute Gasteiger partial charge is 0.325 e. The second-order valence-corrected chi connectivity index (χ2v) is 7.44. The Balaban J connectivity index is 1.57. The number of benzene rings is 1. The number of hydrogen-bond acceptors (Lipinski definition) is 4. The molecule has 1 heterocycles. The van der Waals surface area contributed by atoms with E-state index in [4.69, 9.17) is 11.6 Å². The molecule has 1 aromatic rings. The number of halogens is 1. The molecule has 4 amide bonds. The fraction of sp³-hybridized carbons (Fsp3) is 0.500. The van der Waals surface area contributed by atoms with Crippen molar-refractivity contribution in [3.8, 4) is 0 Å². The molecule has 2 N–H and O–H groups in total. The van der Waals surface area contributed by atoms with E-state index in [-0.39, 0.29) is 24.8 Å². The van der Waals surface area contributed by atoms with Crippen LogP contribution in [0.4, 0.5) is 16.2 Å². The minimum absolute atomic E-state index is 0.0439. The van der Waals surface area contributed by atoms with Crippen molar-refractivity contribution < 1.29 is 14.4 Å². The molecule has 1 spiro atoms. The van der Waals surface area contributed by atoms with Gasteiger partial charge >= 0.3 is 6.03 Å². The van der Waals surface area contributed by atoms with Gasteiger partial charge in [-0.3, -0.25) is 14.5 Å². The van der Waals surface area contributed by atoms with Gasteiger partial charge in [-0.15, -0.1) is 0 Å². The highest BCUT2D eigenvalue weighted by Crippen LogP contribution is 2.35. The zero-order chi connectivity index (χ0) is 18.9. The van der Waals surface area contributed by atoms with Crippen LogP contribution in [0.2, 0.25) is 5.02 Å². The Labute approximate surface area is 157 Å². The van der Waals surface area contributed by atoms with Crippen LogP contribution in [0.3, 0.4) is 0 Å². The lowest BCUT2D eigenvalue weighted by Gasteiger charge is -2.20. The molecular formula is C18H23ClN4O3. The standard InChI is InChI=1S/C18H23ClN4O3/c1-22(2)14-6-5-12(11-13(14)19)20-15(24)7-10-23-16(25)18(21-17(23)26)8-3-4-9-18/h5-6,11H,3-4,7-10H2,1-2H3,(H,20,24)(H,21,26). The Morgan fingerprint density at radius 2 is 2.00 bits per heavy atom. The molecule has 0 radical (unpaired) electrons. The van der Waals surface area contributed by atoms with Gasteiger partial charge in [0.2, 0.25) is 5.91 Å². The third-order valence-corrected chi connectivity index (χ3v) is 5.28. The van der Waals surface area contributed by atoms with Gasteiger partial charge in [-0.2, -0.15) is 0 Å². The van der Waals surface area contributed by atoms with Crippen LogP contribution in [0.15, 0.2) is 18.2 Å². The molecule has 8 heteroatoms. The summed E-state index contributed by atoms with van der Waals surface area (Å²) in [6.07, 6.45) is 3.27. The Morgan fingerprint density at radius 3 is 2.62 bits per heavy atom. The Bertz CT molecular complexity index is 744. The Kier molecular flexibility index (Phi) is 5.09. The minimum atomic E-state index is -0.733. The first-order valence-electron chi connectivity index (χ1n) is 8.73. The topological polar surface area (TPSA) is 81.8 Å². The molecule has 0 atom stereocenters. The summed E-state index contributed by atoms with van der Waals surface area (Å²) in [6, 6.07) is 4.86. The normalized spacial score (nSPS) is 18.3. The Morgan fingerprint density at radius 1 is 1.31 bits per heavy atom. The lowest BCUT2D eigenvalue weighted by atomic mass is 9.98. The van der Waals surface area contributed by atoms with Crippen LogP contribution < -0.4 is 15.5 Å². The molecule has 2 aliphatic rings. The molecule has 3 rings (SSSR count). The first kappa shape index (κ1) is 18.5. The molecule has 2 fully saturated rings. The van der Waals surface area contributed by atoms with Crippen molar-refractivity contribution in [2.24, 2.45) is 0 Å². The molecule has 1 aromatic carbocycles. The maximum atomic E-state index is 12.5. The van der Waals surface area contributed by atoms with Crippen LogP contribution in [0.5, 0.6) is 0 Å². The van der Waals surface area contributed by atoms with Crippen molar-refractivity contribution in [1.82, 2.24) is 10.2 Å². The molecule has 140 valence electrons. The predicted molar refractivity (Wildman–Crippen MR) is 100 cm³/mol. The number of hydrogen-bond donors (Lipinski definition) is 2. The quantitative estimate of drug-likeness (QED) is 0.771. The van der Waals surface area contributed by atoms with E-state index in [1.54, 1.807) is 12.1 Å². The van der Waals surface area contributed by atoms with Crippen molar-refractivity contribution >= 4 is 40.8 Å². The van der Waals surface area contributed by atoms with Gasteiger partial charge in [-0.05, 0) is 31.0 Å². The number of urea groups is 1. The second kappa shape index (κ2) is 7.15. The number of anilines is 2. The first-order chi connectivity index (χ1) is 12.3. The maximum absolute atomic E-state index is 12.5. The number of nitrogens with one attached hydrogen (secondary N) is 2. The van der Waals surface area contributed by atoms with Crippen LogP contribution in [-0.4, -0.2) is 48.9 Å². The van der Waals surface area contributed by atoms with Gasteiger partial charge in [0.25, 0.3) is 5.91 Å². The largest absolute Gasteiger partial charge is 0.376 e.